The van der Waals surface area contributed by atoms with Gasteiger partial charge >= 0.3 is 0 Å². The molecule has 1 N–H and O–H groups in total. The lowest BCUT2D eigenvalue weighted by molar-refractivity contribution is -0.133. The van der Waals surface area contributed by atoms with Gasteiger partial charge in [-0.25, -0.2) is 0 Å². The van der Waals surface area contributed by atoms with Crippen molar-refractivity contribution in [3.8, 4) is 0 Å². The van der Waals surface area contributed by atoms with E-state index in [1.807, 2.05) is 0 Å². The second-order valence-corrected chi connectivity index (χ2v) is 8.85. The monoisotopic (exact) mass is 310 g/mol. The van der Waals surface area contributed by atoms with Crippen molar-refractivity contribution in [2.45, 2.75) is 69.8 Å². The van der Waals surface area contributed by atoms with E-state index in [1.165, 1.54) is 12.8 Å². The quantitative estimate of drug-likeness (QED) is 0.691. The molecule has 4 aliphatic rings. The molecule has 3 heteroatoms. The summed E-state index contributed by atoms with van der Waals surface area (Å²) in [6.07, 6.45) is 8.36. The number of alkyl halides is 1. The lowest BCUT2D eigenvalue weighted by atomic mass is 9.50. The van der Waals surface area contributed by atoms with E-state index in [1.54, 1.807) is 0 Å². The fraction of sp³-hybridized carbons (Fsp3) is 0.944. The molecule has 0 spiro atoms. The van der Waals surface area contributed by atoms with Gasteiger partial charge in [0.05, 0.1) is 11.5 Å². The van der Waals surface area contributed by atoms with E-state index in [-0.39, 0.29) is 16.9 Å². The third-order valence-electron chi connectivity index (χ3n) is 7.71. The Morgan fingerprint density at radius 3 is 2.48 bits per heavy atom. The maximum Gasteiger partial charge on any atom is 0.139 e. The number of Topliss-reactive ketones (excluding diaryl/α,β-unsaturated/α-hetero) is 1. The number of hydrogen-bond donors (Lipinski definition) is 1. The highest BCUT2D eigenvalue weighted by Gasteiger charge is 2.57. The smallest absolute Gasteiger partial charge is 0.139 e. The first-order chi connectivity index (χ1) is 10.0. The summed E-state index contributed by atoms with van der Waals surface area (Å²) >= 11 is 6.53. The predicted molar refractivity (Wildman–Crippen MR) is 83.1 cm³/mol. The van der Waals surface area contributed by atoms with E-state index < -0.39 is 0 Å². The van der Waals surface area contributed by atoms with Crippen LogP contribution in [-0.4, -0.2) is 22.4 Å². The van der Waals surface area contributed by atoms with Gasteiger partial charge in [0.2, 0.25) is 0 Å². The minimum absolute atomic E-state index is 0.0114. The second-order valence-electron chi connectivity index (χ2n) is 8.35. The number of aliphatic hydroxyl groups is 1. The Bertz CT molecular complexity index is 450. The van der Waals surface area contributed by atoms with E-state index >= 15 is 0 Å². The Labute approximate surface area is 132 Å². The van der Waals surface area contributed by atoms with Crippen molar-refractivity contribution in [2.75, 3.05) is 0 Å². The molecule has 8 atom stereocenters. The zero-order chi connectivity index (χ0) is 14.8. The molecule has 3 unspecified atom stereocenters. The highest BCUT2D eigenvalue weighted by Crippen LogP contribution is 2.61. The SMILES string of the molecule is C[C@]12CC[C@H]3[C@@H](CCC4C(Cl)C(O)CC[C@@H]43)[C@@H]1CCC2=O. The van der Waals surface area contributed by atoms with E-state index in [4.69, 9.17) is 11.6 Å². The van der Waals surface area contributed by atoms with Gasteiger partial charge in [-0.15, -0.1) is 11.6 Å². The van der Waals surface area contributed by atoms with Crippen molar-refractivity contribution in [2.24, 2.45) is 35.0 Å². The van der Waals surface area contributed by atoms with Crippen molar-refractivity contribution in [1.29, 1.82) is 0 Å². The highest BCUT2D eigenvalue weighted by atomic mass is 35.5. The molecule has 4 saturated carbocycles. The normalized spacial score (nSPS) is 56.5. The molecule has 0 bridgehead atoms. The molecule has 0 radical (unpaired) electrons. The van der Waals surface area contributed by atoms with Crippen LogP contribution < -0.4 is 0 Å². The van der Waals surface area contributed by atoms with Gasteiger partial charge in [-0.2, -0.15) is 0 Å². The highest BCUT2D eigenvalue weighted by molar-refractivity contribution is 6.21. The van der Waals surface area contributed by atoms with Crippen LogP contribution in [-0.2, 0) is 4.79 Å². The van der Waals surface area contributed by atoms with Gasteiger partial charge in [0.25, 0.3) is 0 Å². The summed E-state index contributed by atoms with van der Waals surface area (Å²) < 4.78 is 0. The van der Waals surface area contributed by atoms with Gasteiger partial charge in [0.1, 0.15) is 5.78 Å². The maximum absolute atomic E-state index is 12.3. The van der Waals surface area contributed by atoms with Gasteiger partial charge in [-0.3, -0.25) is 4.79 Å². The van der Waals surface area contributed by atoms with Crippen LogP contribution in [0.25, 0.3) is 0 Å². The second kappa shape index (κ2) is 4.96. The lowest BCUT2D eigenvalue weighted by Crippen LogP contribution is -2.52. The van der Waals surface area contributed by atoms with Crippen molar-refractivity contribution >= 4 is 17.4 Å². The lowest BCUT2D eigenvalue weighted by Gasteiger charge is -2.55. The van der Waals surface area contributed by atoms with Gasteiger partial charge in [-0.1, -0.05) is 6.92 Å². The summed E-state index contributed by atoms with van der Waals surface area (Å²) in [6.45, 7) is 2.24. The molecule has 4 rings (SSSR count). The average molecular weight is 311 g/mol. The predicted octanol–water partition coefficient (Wildman–Crippen LogP) is 3.79. The molecule has 118 valence electrons. The van der Waals surface area contributed by atoms with Crippen molar-refractivity contribution in [3.05, 3.63) is 0 Å². The Kier molecular flexibility index (Phi) is 3.43. The summed E-state index contributed by atoms with van der Waals surface area (Å²) in [5.41, 5.74) is -0.0114. The van der Waals surface area contributed by atoms with Crippen molar-refractivity contribution < 1.29 is 9.90 Å². The molecular weight excluding hydrogens is 284 g/mol. The zero-order valence-corrected chi connectivity index (χ0v) is 13.7. The molecule has 0 saturated heterocycles. The molecule has 21 heavy (non-hydrogen) atoms. The standard InChI is InChI=1S/C18H27ClO2/c1-18-9-8-11-10-4-6-15(20)17(19)13(10)3-2-12(11)14(18)5-7-16(18)21/h10-15,17,20H,2-9H2,1H3/t10-,11-,12-,13?,14+,15?,17?,18+/m1/s1. The fourth-order valence-electron chi connectivity index (χ4n) is 6.58. The molecule has 0 amide bonds. The van der Waals surface area contributed by atoms with E-state index in [2.05, 4.69) is 6.92 Å². The van der Waals surface area contributed by atoms with Gasteiger partial charge in [0.15, 0.2) is 0 Å². The van der Waals surface area contributed by atoms with Crippen LogP contribution in [0.2, 0.25) is 0 Å². The zero-order valence-electron chi connectivity index (χ0n) is 12.9. The molecule has 0 aromatic carbocycles. The van der Waals surface area contributed by atoms with Crippen molar-refractivity contribution in [3.63, 3.8) is 0 Å². The summed E-state index contributed by atoms with van der Waals surface area (Å²) in [5, 5.41) is 10.0. The number of carbonyl (C=O) groups excluding carboxylic acids is 1. The van der Waals surface area contributed by atoms with E-state index in [9.17, 15) is 9.90 Å². The van der Waals surface area contributed by atoms with Crippen LogP contribution in [0, 0.1) is 35.0 Å². The Balaban J connectivity index is 1.59. The van der Waals surface area contributed by atoms with Gasteiger partial charge in [0, 0.05) is 11.8 Å². The molecule has 0 heterocycles. The van der Waals surface area contributed by atoms with E-state index in [0.29, 0.717) is 23.5 Å². The first-order valence-electron chi connectivity index (χ1n) is 8.88. The Morgan fingerprint density at radius 2 is 1.67 bits per heavy atom. The number of aliphatic hydroxyl groups excluding tert-OH is 1. The Hall–Kier alpha value is -0.0800. The van der Waals surface area contributed by atoms with Crippen LogP contribution in [0.1, 0.15) is 58.3 Å². The largest absolute Gasteiger partial charge is 0.392 e. The molecular formula is C18H27ClO2. The number of fused-ring (bicyclic) bond motifs is 5. The maximum atomic E-state index is 12.3. The van der Waals surface area contributed by atoms with Crippen molar-refractivity contribution in [1.82, 2.24) is 0 Å². The molecule has 2 nitrogen and oxygen atoms in total. The van der Waals surface area contributed by atoms with Crippen LogP contribution in [0.15, 0.2) is 0 Å². The first-order valence-corrected chi connectivity index (χ1v) is 9.31. The van der Waals surface area contributed by atoms with Crippen LogP contribution in [0.5, 0.6) is 0 Å². The summed E-state index contributed by atoms with van der Waals surface area (Å²) in [7, 11) is 0. The molecule has 4 aliphatic carbocycles. The summed E-state index contributed by atoms with van der Waals surface area (Å²) in [4.78, 5) is 12.3. The molecule has 0 aromatic heterocycles. The number of ketones is 1. The average Bonchev–Trinajstić information content (AvgIpc) is 2.78. The third kappa shape index (κ3) is 1.97. The fourth-order valence-corrected chi connectivity index (χ4v) is 7.02. The van der Waals surface area contributed by atoms with Crippen LogP contribution >= 0.6 is 11.6 Å². The first kappa shape index (κ1) is 14.5. The topological polar surface area (TPSA) is 37.3 Å². The summed E-state index contributed by atoms with van der Waals surface area (Å²) in [5.74, 6) is 3.89. The van der Waals surface area contributed by atoms with Crippen LogP contribution in [0.4, 0.5) is 0 Å². The number of rotatable bonds is 0. The van der Waals surface area contributed by atoms with Gasteiger partial charge in [-0.05, 0) is 74.5 Å². The van der Waals surface area contributed by atoms with Gasteiger partial charge < -0.3 is 5.11 Å². The minimum atomic E-state index is -0.300. The number of halogens is 1. The molecule has 0 aliphatic heterocycles. The number of hydrogen-bond acceptors (Lipinski definition) is 2. The number of carbonyl (C=O) groups is 1. The summed E-state index contributed by atoms with van der Waals surface area (Å²) in [6, 6.07) is 0. The molecule has 4 fully saturated rings. The minimum Gasteiger partial charge on any atom is -0.392 e. The Morgan fingerprint density at radius 1 is 1.00 bits per heavy atom. The van der Waals surface area contributed by atoms with E-state index in [0.717, 1.165) is 50.4 Å². The van der Waals surface area contributed by atoms with Crippen LogP contribution in [0.3, 0.4) is 0 Å². The molecule has 0 aromatic rings. The third-order valence-corrected chi connectivity index (χ3v) is 8.32.